The molecule has 2 amide bonds. The number of amides is 2. The quantitative estimate of drug-likeness (QED) is 0.194. The Morgan fingerprint density at radius 3 is 2.18 bits per heavy atom. The first-order valence-electron chi connectivity index (χ1n) is 17.3. The highest BCUT2D eigenvalue weighted by Gasteiger charge is 2.35. The fourth-order valence-electron chi connectivity index (χ4n) is 6.47. The van der Waals surface area contributed by atoms with Gasteiger partial charge in [-0.3, -0.25) is 9.89 Å². The Kier molecular flexibility index (Phi) is 9.95. The number of hydrogen-bond donors (Lipinski definition) is 2. The van der Waals surface area contributed by atoms with Crippen LogP contribution in [0.15, 0.2) is 96.3 Å². The lowest BCUT2D eigenvalue weighted by Gasteiger charge is -2.32. The van der Waals surface area contributed by atoms with E-state index in [-0.39, 0.29) is 30.2 Å². The monoisotopic (exact) mass is 673 g/mol. The molecule has 1 aromatic heterocycles. The van der Waals surface area contributed by atoms with E-state index >= 15 is 0 Å². The van der Waals surface area contributed by atoms with Crippen LogP contribution in [0.5, 0.6) is 0 Å². The molecule has 9 heteroatoms. The van der Waals surface area contributed by atoms with Crippen LogP contribution >= 0.6 is 0 Å². The van der Waals surface area contributed by atoms with Crippen molar-refractivity contribution in [2.75, 3.05) is 6.54 Å². The highest BCUT2D eigenvalue weighted by molar-refractivity contribution is 6.03. The Hall–Kier alpha value is -5.18. The van der Waals surface area contributed by atoms with Crippen LogP contribution in [0, 0.1) is 5.41 Å². The number of benzene rings is 3. The van der Waals surface area contributed by atoms with Crippen LogP contribution in [0.1, 0.15) is 83.8 Å². The number of alkyl carbamates (subject to hydrolysis) is 1. The number of carbonyl (C=O) groups excluding carboxylic acids is 2. The zero-order chi connectivity index (χ0) is 35.5. The van der Waals surface area contributed by atoms with E-state index in [4.69, 9.17) is 14.5 Å². The third-order valence-electron chi connectivity index (χ3n) is 9.01. The maximum atomic E-state index is 12.9. The molecule has 0 unspecified atom stereocenters. The summed E-state index contributed by atoms with van der Waals surface area (Å²) < 4.78 is 11.1. The van der Waals surface area contributed by atoms with Crippen LogP contribution in [0.3, 0.4) is 0 Å². The van der Waals surface area contributed by atoms with Gasteiger partial charge in [0.2, 0.25) is 0 Å². The van der Waals surface area contributed by atoms with Gasteiger partial charge in [0.1, 0.15) is 18.0 Å². The van der Waals surface area contributed by atoms with Gasteiger partial charge < -0.3 is 19.8 Å². The second-order valence-corrected chi connectivity index (χ2v) is 15.1. The van der Waals surface area contributed by atoms with Gasteiger partial charge in [0, 0.05) is 24.9 Å². The third kappa shape index (κ3) is 8.33. The Morgan fingerprint density at radius 1 is 0.900 bits per heavy atom. The van der Waals surface area contributed by atoms with E-state index in [1.165, 1.54) is 0 Å². The van der Waals surface area contributed by atoms with E-state index < -0.39 is 11.7 Å². The van der Waals surface area contributed by atoms with Gasteiger partial charge in [-0.25, -0.2) is 14.6 Å². The largest absolute Gasteiger partial charge is 0.445 e. The number of nitrogens with zero attached hydrogens (tertiary/aromatic N) is 3. The van der Waals surface area contributed by atoms with Crippen molar-refractivity contribution >= 4 is 23.5 Å². The number of aliphatic imine (C=N–C) groups is 1. The van der Waals surface area contributed by atoms with Gasteiger partial charge in [0.25, 0.3) is 0 Å². The van der Waals surface area contributed by atoms with Crippen molar-refractivity contribution < 1.29 is 19.1 Å². The summed E-state index contributed by atoms with van der Waals surface area (Å²) in [6, 6.07) is 26.2. The lowest BCUT2D eigenvalue weighted by atomic mass is 9.82. The van der Waals surface area contributed by atoms with Gasteiger partial charge in [0.05, 0.1) is 24.0 Å². The highest BCUT2D eigenvalue weighted by atomic mass is 16.6. The van der Waals surface area contributed by atoms with Crippen molar-refractivity contribution in [2.24, 2.45) is 10.4 Å². The average Bonchev–Trinajstić information content (AvgIpc) is 3.87. The molecule has 260 valence electrons. The second-order valence-electron chi connectivity index (χ2n) is 15.1. The molecule has 0 bridgehead atoms. The number of aromatic amines is 1. The molecule has 2 N–H and O–H groups in total. The maximum Gasteiger partial charge on any atom is 0.410 e. The number of allylic oxidation sites excluding steroid dienone is 1. The number of likely N-dealkylation sites (tertiary alicyclic amines) is 1. The SMILES string of the molecule is CC(C)(C)OC(=O)N[C@H](C1=NC=C(c2ccc(-c3ccc(-c4cnc([C@@H]5CCCN5C(=O)OCc5ccccc5)[nH]4)cc3)cc2)C1)C(C)(C)C. The maximum absolute atomic E-state index is 12.9. The number of carbonyl (C=O) groups is 2. The average molecular weight is 674 g/mol. The van der Waals surface area contributed by atoms with E-state index in [0.29, 0.717) is 13.0 Å². The molecular weight excluding hydrogens is 626 g/mol. The zero-order valence-electron chi connectivity index (χ0n) is 29.8. The number of ether oxygens (including phenoxy) is 2. The molecule has 2 aliphatic rings. The van der Waals surface area contributed by atoms with E-state index in [1.54, 1.807) is 4.90 Å². The van der Waals surface area contributed by atoms with E-state index in [9.17, 15) is 9.59 Å². The molecule has 2 atom stereocenters. The first-order chi connectivity index (χ1) is 23.8. The number of hydrogen-bond acceptors (Lipinski definition) is 6. The molecule has 9 nitrogen and oxygen atoms in total. The standard InChI is InChI=1S/C41H47N5O4/c1-40(2,3)36(45-38(47)50-41(4,5)6)33-23-32(24-42-33)30-16-14-28(15-17-30)29-18-20-31(21-19-29)34-25-43-37(44-34)35-13-10-22-46(35)39(48)49-26-27-11-8-7-9-12-27/h7-9,11-12,14-21,24-25,35-36H,10,13,22-23,26H2,1-6H3,(H,43,44)(H,45,47)/t35-,36+/m0/s1. The number of nitrogens with one attached hydrogen (secondary N) is 2. The van der Waals surface area contributed by atoms with Crippen LogP contribution < -0.4 is 5.32 Å². The van der Waals surface area contributed by atoms with Crippen LogP contribution in [0.25, 0.3) is 28.0 Å². The minimum atomic E-state index is -0.572. The molecule has 1 fully saturated rings. The molecule has 0 spiro atoms. The van der Waals surface area contributed by atoms with Gasteiger partial charge in [-0.1, -0.05) is 99.6 Å². The molecule has 6 rings (SSSR count). The molecule has 2 aliphatic heterocycles. The Labute approximate surface area is 294 Å². The smallest absolute Gasteiger partial charge is 0.410 e. The van der Waals surface area contributed by atoms with Crippen molar-refractivity contribution in [2.45, 2.75) is 85.1 Å². The minimum Gasteiger partial charge on any atom is -0.445 e. The summed E-state index contributed by atoms with van der Waals surface area (Å²) in [6.07, 6.45) is 5.40. The van der Waals surface area contributed by atoms with E-state index in [1.807, 2.05) is 63.5 Å². The van der Waals surface area contributed by atoms with Crippen molar-refractivity contribution in [3.8, 4) is 22.4 Å². The lowest BCUT2D eigenvalue weighted by molar-refractivity contribution is 0.0490. The van der Waals surface area contributed by atoms with Gasteiger partial charge >= 0.3 is 12.2 Å². The Morgan fingerprint density at radius 2 is 1.54 bits per heavy atom. The summed E-state index contributed by atoms with van der Waals surface area (Å²) in [6.45, 7) is 12.8. The van der Waals surface area contributed by atoms with Crippen LogP contribution in [0.2, 0.25) is 0 Å². The Balaban J connectivity index is 1.06. The predicted molar refractivity (Wildman–Crippen MR) is 197 cm³/mol. The van der Waals surface area contributed by atoms with Gasteiger partial charge in [-0.15, -0.1) is 0 Å². The summed E-state index contributed by atoms with van der Waals surface area (Å²) in [5.74, 6) is 0.775. The Bertz CT molecular complexity index is 1860. The van der Waals surface area contributed by atoms with Crippen LogP contribution in [-0.2, 0) is 16.1 Å². The van der Waals surface area contributed by atoms with Gasteiger partial charge in [-0.05, 0) is 72.4 Å². The third-order valence-corrected chi connectivity index (χ3v) is 9.01. The van der Waals surface area contributed by atoms with E-state index in [0.717, 1.165) is 63.5 Å². The molecule has 4 aromatic rings. The van der Waals surface area contributed by atoms with Gasteiger partial charge in [-0.2, -0.15) is 0 Å². The predicted octanol–water partition coefficient (Wildman–Crippen LogP) is 9.34. The second kappa shape index (κ2) is 14.4. The molecule has 1 saturated heterocycles. The summed E-state index contributed by atoms with van der Waals surface area (Å²) in [5, 5.41) is 3.05. The fraction of sp³-hybridized carbons (Fsp3) is 0.366. The summed E-state index contributed by atoms with van der Waals surface area (Å²) in [7, 11) is 0. The topological polar surface area (TPSA) is 109 Å². The molecule has 0 radical (unpaired) electrons. The summed E-state index contributed by atoms with van der Waals surface area (Å²) in [4.78, 5) is 40.2. The molecule has 0 saturated carbocycles. The normalized spacial score (nSPS) is 16.8. The zero-order valence-corrected chi connectivity index (χ0v) is 29.8. The minimum absolute atomic E-state index is 0.137. The van der Waals surface area contributed by atoms with Crippen molar-refractivity contribution in [1.82, 2.24) is 20.2 Å². The lowest BCUT2D eigenvalue weighted by Crippen LogP contribution is -2.50. The van der Waals surface area contributed by atoms with Gasteiger partial charge in [0.15, 0.2) is 0 Å². The number of rotatable bonds is 8. The van der Waals surface area contributed by atoms with Crippen molar-refractivity contribution in [1.29, 1.82) is 0 Å². The fourth-order valence-corrected chi connectivity index (χ4v) is 6.47. The molecule has 3 heterocycles. The van der Waals surface area contributed by atoms with Crippen molar-refractivity contribution in [3.63, 3.8) is 0 Å². The first-order valence-corrected chi connectivity index (χ1v) is 17.3. The molecule has 0 aliphatic carbocycles. The molecule has 3 aromatic carbocycles. The molecular formula is C41H47N5O4. The van der Waals surface area contributed by atoms with Crippen LogP contribution in [-0.4, -0.2) is 51.0 Å². The van der Waals surface area contributed by atoms with Crippen LogP contribution in [0.4, 0.5) is 9.59 Å². The van der Waals surface area contributed by atoms with Crippen molar-refractivity contribution in [3.05, 3.63) is 108 Å². The van der Waals surface area contributed by atoms with E-state index in [2.05, 4.69) is 84.6 Å². The summed E-state index contributed by atoms with van der Waals surface area (Å²) >= 11 is 0. The number of H-pyrrole nitrogens is 1. The molecule has 50 heavy (non-hydrogen) atoms. The number of aromatic nitrogens is 2. The first kappa shape index (κ1) is 34.7. The summed E-state index contributed by atoms with van der Waals surface area (Å²) in [5.41, 5.74) is 7.44. The highest BCUT2D eigenvalue weighted by Crippen LogP contribution is 2.34. The number of imidazole rings is 1.